The Kier molecular flexibility index (Phi) is 4.00. The van der Waals surface area contributed by atoms with Crippen molar-refractivity contribution in [3.8, 4) is 0 Å². The number of H-pyrrole nitrogens is 1. The Balaban J connectivity index is 1.39. The Hall–Kier alpha value is -2.67. The molecule has 0 atom stereocenters. The molecule has 3 heterocycles. The van der Waals surface area contributed by atoms with Gasteiger partial charge in [0, 0.05) is 41.8 Å². The van der Waals surface area contributed by atoms with Gasteiger partial charge in [0.15, 0.2) is 5.82 Å². The summed E-state index contributed by atoms with van der Waals surface area (Å²) in [5, 5.41) is 7.85. The molecule has 1 aromatic carbocycles. The highest BCUT2D eigenvalue weighted by atomic mass is 16.5. The van der Waals surface area contributed by atoms with Crippen LogP contribution < -0.4 is 5.32 Å². The molecule has 0 saturated carbocycles. The number of nitrogens with zero attached hydrogens (tertiary/aromatic N) is 2. The summed E-state index contributed by atoms with van der Waals surface area (Å²) in [6.07, 6.45) is 3.66. The molecule has 0 bridgehead atoms. The molecule has 4 rings (SSSR count). The van der Waals surface area contributed by atoms with Crippen molar-refractivity contribution in [1.29, 1.82) is 0 Å². The van der Waals surface area contributed by atoms with Crippen LogP contribution in [0.2, 0.25) is 0 Å². The van der Waals surface area contributed by atoms with Crippen LogP contribution in [-0.4, -0.2) is 34.2 Å². The molecule has 124 valence electrons. The first kappa shape index (κ1) is 14.9. The smallest absolute Gasteiger partial charge is 0.251 e. The van der Waals surface area contributed by atoms with Gasteiger partial charge in [0.2, 0.25) is 5.89 Å². The molecule has 1 fully saturated rings. The largest absolute Gasteiger partial charge is 0.381 e. The summed E-state index contributed by atoms with van der Waals surface area (Å²) in [6.45, 7) is 1.68. The van der Waals surface area contributed by atoms with E-state index in [-0.39, 0.29) is 18.4 Å². The summed E-state index contributed by atoms with van der Waals surface area (Å²) in [4.78, 5) is 19.8. The Bertz CT molecular complexity index is 848. The van der Waals surface area contributed by atoms with Crippen LogP contribution >= 0.6 is 0 Å². The minimum atomic E-state index is -0.163. The zero-order valence-electron chi connectivity index (χ0n) is 13.1. The van der Waals surface area contributed by atoms with Gasteiger partial charge in [-0.15, -0.1) is 0 Å². The van der Waals surface area contributed by atoms with Gasteiger partial charge >= 0.3 is 0 Å². The van der Waals surface area contributed by atoms with E-state index < -0.39 is 0 Å². The molecule has 1 amide bonds. The van der Waals surface area contributed by atoms with E-state index in [1.165, 1.54) is 0 Å². The van der Waals surface area contributed by atoms with Gasteiger partial charge in [-0.25, -0.2) is 0 Å². The lowest BCUT2D eigenvalue weighted by Gasteiger charge is -2.18. The van der Waals surface area contributed by atoms with Gasteiger partial charge in [0.05, 0.1) is 6.54 Å². The van der Waals surface area contributed by atoms with Gasteiger partial charge in [-0.05, 0) is 37.1 Å². The summed E-state index contributed by atoms with van der Waals surface area (Å²) >= 11 is 0. The number of ether oxygens (including phenoxy) is 1. The van der Waals surface area contributed by atoms with Crippen molar-refractivity contribution in [2.45, 2.75) is 25.3 Å². The molecule has 7 nitrogen and oxygen atoms in total. The fourth-order valence-electron chi connectivity index (χ4n) is 2.91. The van der Waals surface area contributed by atoms with Gasteiger partial charge in [-0.2, -0.15) is 4.98 Å². The SMILES string of the molecule is O=C(NCc1nc(C2CCOCC2)no1)c1ccc2[nH]ccc2c1. The lowest BCUT2D eigenvalue weighted by Crippen LogP contribution is -2.23. The van der Waals surface area contributed by atoms with Crippen LogP contribution in [0.3, 0.4) is 0 Å². The van der Waals surface area contributed by atoms with Crippen LogP contribution in [0, 0.1) is 0 Å². The summed E-state index contributed by atoms with van der Waals surface area (Å²) in [6, 6.07) is 7.46. The third kappa shape index (κ3) is 3.03. The molecule has 1 aliphatic rings. The summed E-state index contributed by atoms with van der Waals surface area (Å²) < 4.78 is 10.6. The van der Waals surface area contributed by atoms with E-state index in [1.54, 1.807) is 6.07 Å². The van der Waals surface area contributed by atoms with Crippen molar-refractivity contribution in [2.24, 2.45) is 0 Å². The van der Waals surface area contributed by atoms with Crippen molar-refractivity contribution < 1.29 is 14.1 Å². The highest BCUT2D eigenvalue weighted by Gasteiger charge is 2.21. The van der Waals surface area contributed by atoms with Crippen LogP contribution in [0.25, 0.3) is 10.9 Å². The first-order valence-electron chi connectivity index (χ1n) is 8.05. The van der Waals surface area contributed by atoms with Gasteiger partial charge in [-0.3, -0.25) is 4.79 Å². The fraction of sp³-hybridized carbons (Fsp3) is 0.353. The summed E-state index contributed by atoms with van der Waals surface area (Å²) in [7, 11) is 0. The zero-order chi connectivity index (χ0) is 16.4. The van der Waals surface area contributed by atoms with Crippen molar-refractivity contribution >= 4 is 16.8 Å². The van der Waals surface area contributed by atoms with E-state index in [9.17, 15) is 4.79 Å². The first-order valence-corrected chi connectivity index (χ1v) is 8.05. The van der Waals surface area contributed by atoms with Crippen LogP contribution in [0.15, 0.2) is 35.0 Å². The molecule has 3 aromatic rings. The maximum atomic E-state index is 12.3. The molecular weight excluding hydrogens is 308 g/mol. The number of hydrogen-bond donors (Lipinski definition) is 2. The number of benzene rings is 1. The summed E-state index contributed by atoms with van der Waals surface area (Å²) in [5.74, 6) is 1.25. The molecule has 0 unspecified atom stereocenters. The van der Waals surface area contributed by atoms with E-state index in [0.29, 0.717) is 17.3 Å². The Labute approximate surface area is 138 Å². The van der Waals surface area contributed by atoms with Crippen LogP contribution in [0.5, 0.6) is 0 Å². The number of amides is 1. The highest BCUT2D eigenvalue weighted by molar-refractivity contribution is 5.97. The average molecular weight is 326 g/mol. The van der Waals surface area contributed by atoms with Crippen molar-refractivity contribution in [1.82, 2.24) is 20.4 Å². The quantitative estimate of drug-likeness (QED) is 0.768. The van der Waals surface area contributed by atoms with Crippen molar-refractivity contribution in [2.75, 3.05) is 13.2 Å². The molecule has 1 aliphatic heterocycles. The molecule has 0 aliphatic carbocycles. The Morgan fingerprint density at radius 2 is 2.17 bits per heavy atom. The third-order valence-electron chi connectivity index (χ3n) is 4.29. The maximum absolute atomic E-state index is 12.3. The second-order valence-electron chi connectivity index (χ2n) is 5.90. The Morgan fingerprint density at radius 1 is 1.29 bits per heavy atom. The van der Waals surface area contributed by atoms with E-state index in [2.05, 4.69) is 20.4 Å². The number of hydrogen-bond acceptors (Lipinski definition) is 5. The maximum Gasteiger partial charge on any atom is 0.251 e. The molecule has 1 saturated heterocycles. The predicted molar refractivity (Wildman–Crippen MR) is 86.6 cm³/mol. The number of aromatic nitrogens is 3. The fourth-order valence-corrected chi connectivity index (χ4v) is 2.91. The van der Waals surface area contributed by atoms with Gasteiger partial charge in [0.1, 0.15) is 0 Å². The van der Waals surface area contributed by atoms with Crippen LogP contribution in [-0.2, 0) is 11.3 Å². The van der Waals surface area contributed by atoms with E-state index in [0.717, 1.165) is 37.0 Å². The van der Waals surface area contributed by atoms with Gasteiger partial charge < -0.3 is 19.6 Å². The normalized spacial score (nSPS) is 15.7. The first-order chi connectivity index (χ1) is 11.8. The summed E-state index contributed by atoms with van der Waals surface area (Å²) in [5.41, 5.74) is 1.61. The number of rotatable bonds is 4. The van der Waals surface area contributed by atoms with E-state index >= 15 is 0 Å². The molecule has 7 heteroatoms. The van der Waals surface area contributed by atoms with Gasteiger partial charge in [-0.1, -0.05) is 5.16 Å². The predicted octanol–water partition coefficient (Wildman–Crippen LogP) is 2.37. The number of carbonyl (C=O) groups is 1. The number of nitrogens with one attached hydrogen (secondary N) is 2. The zero-order valence-corrected chi connectivity index (χ0v) is 13.1. The lowest BCUT2D eigenvalue weighted by molar-refractivity contribution is 0.0830. The minimum Gasteiger partial charge on any atom is -0.381 e. The number of aromatic amines is 1. The molecule has 2 aromatic heterocycles. The van der Waals surface area contributed by atoms with E-state index in [4.69, 9.17) is 9.26 Å². The number of carbonyl (C=O) groups excluding carboxylic acids is 1. The topological polar surface area (TPSA) is 93.0 Å². The minimum absolute atomic E-state index is 0.163. The lowest BCUT2D eigenvalue weighted by atomic mass is 10.00. The van der Waals surface area contributed by atoms with Crippen molar-refractivity contribution in [3.63, 3.8) is 0 Å². The number of fused-ring (bicyclic) bond motifs is 1. The standard InChI is InChI=1S/C17H18N4O3/c22-17(13-1-2-14-12(9-13)3-6-18-14)19-10-15-20-16(21-24-15)11-4-7-23-8-5-11/h1-3,6,9,11,18H,4-5,7-8,10H2,(H,19,22). The second kappa shape index (κ2) is 6.45. The van der Waals surface area contributed by atoms with Gasteiger partial charge in [0.25, 0.3) is 5.91 Å². The molecule has 0 spiro atoms. The average Bonchev–Trinajstić information content (AvgIpc) is 3.29. The molecule has 2 N–H and O–H groups in total. The molecule has 24 heavy (non-hydrogen) atoms. The third-order valence-corrected chi connectivity index (χ3v) is 4.29. The monoisotopic (exact) mass is 326 g/mol. The molecule has 0 radical (unpaired) electrons. The Morgan fingerprint density at radius 3 is 3.04 bits per heavy atom. The highest BCUT2D eigenvalue weighted by Crippen LogP contribution is 2.24. The van der Waals surface area contributed by atoms with Crippen molar-refractivity contribution in [3.05, 3.63) is 47.7 Å². The molecular formula is C17H18N4O3. The van der Waals surface area contributed by atoms with Crippen LogP contribution in [0.4, 0.5) is 0 Å². The van der Waals surface area contributed by atoms with E-state index in [1.807, 2.05) is 24.4 Å². The van der Waals surface area contributed by atoms with Crippen LogP contribution in [0.1, 0.15) is 40.8 Å². The second-order valence-corrected chi connectivity index (χ2v) is 5.90.